The van der Waals surface area contributed by atoms with E-state index in [1.807, 2.05) is 18.9 Å². The standard InChI is InChI=1S/C10H19NO2/c1-3-11(2)10(9(12)13)7-5-4-6-8-10/h3-8H2,1-2H3,(H,12,13). The van der Waals surface area contributed by atoms with Crippen molar-refractivity contribution in [1.29, 1.82) is 0 Å². The first-order valence-electron chi connectivity index (χ1n) is 5.08. The van der Waals surface area contributed by atoms with Crippen LogP contribution in [0.3, 0.4) is 0 Å². The van der Waals surface area contributed by atoms with Gasteiger partial charge in [-0.25, -0.2) is 0 Å². The molecule has 0 aromatic rings. The molecule has 0 atom stereocenters. The summed E-state index contributed by atoms with van der Waals surface area (Å²) in [5.74, 6) is -0.642. The number of carboxylic acids is 1. The van der Waals surface area contributed by atoms with Crippen LogP contribution < -0.4 is 0 Å². The summed E-state index contributed by atoms with van der Waals surface area (Å²) in [6.45, 7) is 2.82. The third kappa shape index (κ3) is 1.85. The molecule has 0 bridgehead atoms. The molecule has 1 aliphatic rings. The lowest BCUT2D eigenvalue weighted by atomic mass is 9.80. The lowest BCUT2D eigenvalue weighted by molar-refractivity contribution is -0.153. The average Bonchev–Trinajstić information content (AvgIpc) is 2.17. The van der Waals surface area contributed by atoms with E-state index in [0.717, 1.165) is 32.2 Å². The van der Waals surface area contributed by atoms with Crippen molar-refractivity contribution in [2.75, 3.05) is 13.6 Å². The highest BCUT2D eigenvalue weighted by Crippen LogP contribution is 2.32. The highest BCUT2D eigenvalue weighted by atomic mass is 16.4. The fourth-order valence-electron chi connectivity index (χ4n) is 2.20. The van der Waals surface area contributed by atoms with E-state index in [2.05, 4.69) is 0 Å². The first kappa shape index (κ1) is 10.5. The van der Waals surface area contributed by atoms with Crippen molar-refractivity contribution in [1.82, 2.24) is 4.90 Å². The Kier molecular flexibility index (Phi) is 3.31. The SMILES string of the molecule is CCN(C)C1(C(=O)O)CCCCC1. The number of hydrogen-bond acceptors (Lipinski definition) is 2. The van der Waals surface area contributed by atoms with E-state index < -0.39 is 11.5 Å². The van der Waals surface area contributed by atoms with E-state index in [1.54, 1.807) is 0 Å². The van der Waals surface area contributed by atoms with Gasteiger partial charge in [0.15, 0.2) is 0 Å². The summed E-state index contributed by atoms with van der Waals surface area (Å²) in [4.78, 5) is 13.2. The van der Waals surface area contributed by atoms with E-state index in [-0.39, 0.29) is 0 Å². The minimum absolute atomic E-state index is 0.562. The molecule has 13 heavy (non-hydrogen) atoms. The van der Waals surface area contributed by atoms with Gasteiger partial charge in [0.1, 0.15) is 5.54 Å². The van der Waals surface area contributed by atoms with Gasteiger partial charge in [0.25, 0.3) is 0 Å². The maximum atomic E-state index is 11.2. The number of rotatable bonds is 3. The second-order valence-electron chi connectivity index (χ2n) is 3.91. The van der Waals surface area contributed by atoms with Crippen LogP contribution in [0.2, 0.25) is 0 Å². The van der Waals surface area contributed by atoms with Crippen LogP contribution in [0.25, 0.3) is 0 Å². The Morgan fingerprint density at radius 3 is 2.31 bits per heavy atom. The zero-order chi connectivity index (χ0) is 9.90. The Balaban J connectivity index is 2.78. The molecule has 0 aliphatic heterocycles. The molecule has 0 unspecified atom stereocenters. The molecule has 1 N–H and O–H groups in total. The van der Waals surface area contributed by atoms with E-state index in [0.29, 0.717) is 0 Å². The topological polar surface area (TPSA) is 40.5 Å². The Bertz CT molecular complexity index is 185. The lowest BCUT2D eigenvalue weighted by Gasteiger charge is -2.40. The van der Waals surface area contributed by atoms with Crippen LogP contribution in [0.1, 0.15) is 39.0 Å². The van der Waals surface area contributed by atoms with Crippen molar-refractivity contribution in [3.63, 3.8) is 0 Å². The first-order valence-corrected chi connectivity index (χ1v) is 5.08. The van der Waals surface area contributed by atoms with E-state index in [9.17, 15) is 9.90 Å². The predicted octanol–water partition coefficient (Wildman–Crippen LogP) is 1.73. The Labute approximate surface area is 79.7 Å². The molecular weight excluding hydrogens is 166 g/mol. The fourth-order valence-corrected chi connectivity index (χ4v) is 2.20. The number of likely N-dealkylation sites (N-methyl/N-ethyl adjacent to an activating group) is 1. The van der Waals surface area contributed by atoms with Crippen LogP contribution in [-0.2, 0) is 4.79 Å². The van der Waals surface area contributed by atoms with E-state index >= 15 is 0 Å². The highest BCUT2D eigenvalue weighted by Gasteiger charge is 2.42. The van der Waals surface area contributed by atoms with Crippen LogP contribution in [0.4, 0.5) is 0 Å². The average molecular weight is 185 g/mol. The summed E-state index contributed by atoms with van der Waals surface area (Å²) >= 11 is 0. The van der Waals surface area contributed by atoms with E-state index in [4.69, 9.17) is 0 Å². The van der Waals surface area contributed by atoms with Gasteiger partial charge in [-0.05, 0) is 26.4 Å². The second-order valence-corrected chi connectivity index (χ2v) is 3.91. The molecule has 0 saturated heterocycles. The van der Waals surface area contributed by atoms with Crippen molar-refractivity contribution in [2.45, 2.75) is 44.6 Å². The molecule has 76 valence electrons. The molecular formula is C10H19NO2. The lowest BCUT2D eigenvalue weighted by Crippen LogP contribution is -2.53. The minimum Gasteiger partial charge on any atom is -0.480 e. The molecule has 1 aliphatic carbocycles. The zero-order valence-corrected chi connectivity index (χ0v) is 8.55. The van der Waals surface area contributed by atoms with Gasteiger partial charge in [-0.3, -0.25) is 9.69 Å². The number of hydrogen-bond donors (Lipinski definition) is 1. The number of carbonyl (C=O) groups is 1. The summed E-state index contributed by atoms with van der Waals surface area (Å²) in [7, 11) is 1.92. The molecule has 3 heteroatoms. The summed E-state index contributed by atoms with van der Waals surface area (Å²) in [6.07, 6.45) is 4.92. The zero-order valence-electron chi connectivity index (χ0n) is 8.55. The Morgan fingerprint density at radius 2 is 1.92 bits per heavy atom. The quantitative estimate of drug-likeness (QED) is 0.728. The third-order valence-electron chi connectivity index (χ3n) is 3.28. The first-order chi connectivity index (χ1) is 6.13. The molecule has 1 saturated carbocycles. The number of aliphatic carboxylic acids is 1. The summed E-state index contributed by atoms with van der Waals surface area (Å²) in [6, 6.07) is 0. The van der Waals surface area contributed by atoms with Gasteiger partial charge in [0.05, 0.1) is 0 Å². The van der Waals surface area contributed by atoms with Gasteiger partial charge in [0, 0.05) is 0 Å². The predicted molar refractivity (Wildman–Crippen MR) is 51.8 cm³/mol. The number of carboxylic acid groups (broad SMARTS) is 1. The van der Waals surface area contributed by atoms with Gasteiger partial charge in [-0.1, -0.05) is 26.2 Å². The molecule has 3 nitrogen and oxygen atoms in total. The maximum Gasteiger partial charge on any atom is 0.324 e. The summed E-state index contributed by atoms with van der Waals surface area (Å²) in [5, 5.41) is 9.25. The van der Waals surface area contributed by atoms with Gasteiger partial charge in [-0.2, -0.15) is 0 Å². The van der Waals surface area contributed by atoms with Crippen molar-refractivity contribution in [2.24, 2.45) is 0 Å². The van der Waals surface area contributed by atoms with Gasteiger partial charge in [-0.15, -0.1) is 0 Å². The molecule has 0 aromatic carbocycles. The van der Waals surface area contributed by atoms with Crippen LogP contribution in [0.5, 0.6) is 0 Å². The Hall–Kier alpha value is -0.570. The molecule has 0 spiro atoms. The van der Waals surface area contributed by atoms with Crippen LogP contribution in [0.15, 0.2) is 0 Å². The fraction of sp³-hybridized carbons (Fsp3) is 0.900. The number of nitrogens with zero attached hydrogens (tertiary/aromatic N) is 1. The maximum absolute atomic E-state index is 11.2. The smallest absolute Gasteiger partial charge is 0.324 e. The van der Waals surface area contributed by atoms with Gasteiger partial charge < -0.3 is 5.11 Å². The van der Waals surface area contributed by atoms with Crippen LogP contribution >= 0.6 is 0 Å². The molecule has 0 aromatic heterocycles. The van der Waals surface area contributed by atoms with Crippen LogP contribution in [-0.4, -0.2) is 35.1 Å². The molecule has 1 fully saturated rings. The molecule has 0 heterocycles. The second kappa shape index (κ2) is 4.09. The molecule has 0 amide bonds. The van der Waals surface area contributed by atoms with E-state index in [1.165, 1.54) is 6.42 Å². The highest BCUT2D eigenvalue weighted by molar-refractivity contribution is 5.78. The van der Waals surface area contributed by atoms with Crippen molar-refractivity contribution >= 4 is 5.97 Å². The molecule has 0 radical (unpaired) electrons. The van der Waals surface area contributed by atoms with Crippen molar-refractivity contribution in [3.05, 3.63) is 0 Å². The normalized spacial score (nSPS) is 21.8. The monoisotopic (exact) mass is 185 g/mol. The van der Waals surface area contributed by atoms with Crippen molar-refractivity contribution in [3.8, 4) is 0 Å². The summed E-state index contributed by atoms with van der Waals surface area (Å²) < 4.78 is 0. The van der Waals surface area contributed by atoms with Crippen molar-refractivity contribution < 1.29 is 9.90 Å². The molecule has 1 rings (SSSR count). The summed E-state index contributed by atoms with van der Waals surface area (Å²) in [5.41, 5.74) is -0.562. The Morgan fingerprint density at radius 1 is 1.38 bits per heavy atom. The van der Waals surface area contributed by atoms with Gasteiger partial charge >= 0.3 is 5.97 Å². The minimum atomic E-state index is -0.642. The largest absolute Gasteiger partial charge is 0.480 e. The van der Waals surface area contributed by atoms with Gasteiger partial charge in [0.2, 0.25) is 0 Å². The van der Waals surface area contributed by atoms with Crippen LogP contribution in [0, 0.1) is 0 Å². The third-order valence-corrected chi connectivity index (χ3v) is 3.28.